The van der Waals surface area contributed by atoms with Crippen LogP contribution in [0, 0.1) is 6.92 Å². The lowest BCUT2D eigenvalue weighted by Gasteiger charge is -2.13. The third-order valence-corrected chi connectivity index (χ3v) is 5.70. The fourth-order valence-corrected chi connectivity index (χ4v) is 3.48. The molecule has 0 spiro atoms. The van der Waals surface area contributed by atoms with Gasteiger partial charge in [-0.05, 0) is 31.2 Å². The standard InChI is InChI=1S/C23H20Cl2N8O4/c1-12-3-5-13(6-4-12)33-17(10-18(34)32-33)31-23(36)29-14-7-8-15(21(25)20(14)24)37-19-9-16(27-11-28-19)30-22(35)26-2/h3-11H,1-2H3,(H,32,34)(H2,29,31,36)(H2,26,27,28,30,35). The highest BCUT2D eigenvalue weighted by atomic mass is 35.5. The molecule has 4 rings (SSSR count). The third-order valence-electron chi connectivity index (χ3n) is 4.84. The summed E-state index contributed by atoms with van der Waals surface area (Å²) in [5.74, 6) is 0.423. The predicted octanol–water partition coefficient (Wildman–Crippen LogP) is 5.17. The highest BCUT2D eigenvalue weighted by Gasteiger charge is 2.17. The van der Waals surface area contributed by atoms with Gasteiger partial charge in [-0.3, -0.25) is 10.6 Å². The number of amides is 4. The van der Waals surface area contributed by atoms with Gasteiger partial charge < -0.3 is 20.5 Å². The van der Waals surface area contributed by atoms with Crippen molar-refractivity contribution >= 4 is 52.6 Å². The van der Waals surface area contributed by atoms with Crippen LogP contribution in [0.15, 0.2) is 54.9 Å². The van der Waals surface area contributed by atoms with E-state index in [0.29, 0.717) is 5.69 Å². The van der Waals surface area contributed by atoms with Crippen molar-refractivity contribution in [1.82, 2.24) is 25.1 Å². The fourth-order valence-electron chi connectivity index (χ4n) is 3.07. The minimum Gasteiger partial charge on any atom is -0.492 e. The number of carbonyl (C=O) groups excluding carboxylic acids is 2. The van der Waals surface area contributed by atoms with E-state index in [-0.39, 0.29) is 44.9 Å². The molecule has 0 atom stereocenters. The average molecular weight is 543 g/mol. The van der Waals surface area contributed by atoms with Crippen molar-refractivity contribution in [3.63, 3.8) is 0 Å². The first-order valence-electron chi connectivity index (χ1n) is 10.6. The van der Waals surface area contributed by atoms with E-state index >= 15 is 0 Å². The summed E-state index contributed by atoms with van der Waals surface area (Å²) in [5.41, 5.74) is 1.89. The van der Waals surface area contributed by atoms with E-state index in [0.717, 1.165) is 5.56 Å². The lowest BCUT2D eigenvalue weighted by molar-refractivity contribution is 0.254. The molecular weight excluding hydrogens is 523 g/mol. The number of hydrogen-bond acceptors (Lipinski definition) is 7. The number of rotatable bonds is 6. The first-order chi connectivity index (χ1) is 17.7. The zero-order valence-electron chi connectivity index (χ0n) is 19.4. The number of nitrogens with zero attached hydrogens (tertiary/aromatic N) is 4. The first kappa shape index (κ1) is 25.5. The second kappa shape index (κ2) is 11.0. The van der Waals surface area contributed by atoms with Crippen molar-refractivity contribution in [3.05, 3.63) is 70.5 Å². The maximum absolute atomic E-state index is 12.7. The molecule has 37 heavy (non-hydrogen) atoms. The molecule has 2 aromatic heterocycles. The lowest BCUT2D eigenvalue weighted by Crippen LogP contribution is -2.24. The predicted molar refractivity (Wildman–Crippen MR) is 139 cm³/mol. The Morgan fingerprint density at radius 3 is 2.43 bits per heavy atom. The van der Waals surface area contributed by atoms with Crippen molar-refractivity contribution in [2.24, 2.45) is 0 Å². The third kappa shape index (κ3) is 6.18. The maximum atomic E-state index is 12.7. The number of ether oxygens (including phenoxy) is 1. The number of aryl methyl sites for hydroxylation is 1. The molecule has 2 aromatic carbocycles. The molecule has 0 unspecified atom stereocenters. The summed E-state index contributed by atoms with van der Waals surface area (Å²) < 4.78 is 7.05. The van der Waals surface area contributed by atoms with Crippen LogP contribution in [-0.4, -0.2) is 44.0 Å². The van der Waals surface area contributed by atoms with Crippen LogP contribution in [0.5, 0.6) is 17.5 Å². The maximum Gasteiger partial charge on any atom is 0.324 e. The van der Waals surface area contributed by atoms with Gasteiger partial charge in [0.25, 0.3) is 0 Å². The van der Waals surface area contributed by atoms with E-state index in [9.17, 15) is 14.7 Å². The lowest BCUT2D eigenvalue weighted by atomic mass is 10.2. The van der Waals surface area contributed by atoms with E-state index in [1.54, 1.807) is 12.1 Å². The van der Waals surface area contributed by atoms with Gasteiger partial charge in [0.15, 0.2) is 0 Å². The topological polar surface area (TPSA) is 155 Å². The second-order valence-electron chi connectivity index (χ2n) is 7.50. The summed E-state index contributed by atoms with van der Waals surface area (Å²) in [6.45, 7) is 1.94. The van der Waals surface area contributed by atoms with Crippen LogP contribution in [0.2, 0.25) is 10.0 Å². The molecule has 0 bridgehead atoms. The summed E-state index contributed by atoms with van der Waals surface area (Å²) in [7, 11) is 1.47. The largest absolute Gasteiger partial charge is 0.492 e. The van der Waals surface area contributed by atoms with Gasteiger partial charge in [0, 0.05) is 19.2 Å². The summed E-state index contributed by atoms with van der Waals surface area (Å²) in [5, 5.41) is 24.0. The zero-order chi connectivity index (χ0) is 26.5. The second-order valence-corrected chi connectivity index (χ2v) is 8.26. The Hall–Kier alpha value is -4.55. The Labute approximate surface area is 220 Å². The molecule has 5 N–H and O–H groups in total. The van der Waals surface area contributed by atoms with Crippen LogP contribution in [0.3, 0.4) is 0 Å². The van der Waals surface area contributed by atoms with Crippen LogP contribution in [-0.2, 0) is 0 Å². The number of aromatic nitrogens is 4. The quantitative estimate of drug-likeness (QED) is 0.225. The minimum atomic E-state index is -0.652. The van der Waals surface area contributed by atoms with Gasteiger partial charge in [0.1, 0.15) is 28.7 Å². The highest BCUT2D eigenvalue weighted by molar-refractivity contribution is 6.45. The van der Waals surface area contributed by atoms with Crippen molar-refractivity contribution < 1.29 is 19.4 Å². The van der Waals surface area contributed by atoms with Crippen molar-refractivity contribution in [1.29, 1.82) is 0 Å². The van der Waals surface area contributed by atoms with E-state index in [1.807, 2.05) is 19.1 Å². The number of aromatic hydroxyl groups is 1. The van der Waals surface area contributed by atoms with Gasteiger partial charge in [-0.25, -0.2) is 24.2 Å². The Morgan fingerprint density at radius 1 is 0.946 bits per heavy atom. The molecule has 0 saturated carbocycles. The molecule has 0 fully saturated rings. The Balaban J connectivity index is 1.47. The number of halogens is 2. The first-order valence-corrected chi connectivity index (χ1v) is 11.4. The molecule has 4 amide bonds. The van der Waals surface area contributed by atoms with Crippen LogP contribution in [0.4, 0.5) is 26.9 Å². The van der Waals surface area contributed by atoms with Gasteiger partial charge in [-0.15, -0.1) is 5.10 Å². The smallest absolute Gasteiger partial charge is 0.324 e. The van der Waals surface area contributed by atoms with E-state index < -0.39 is 12.1 Å². The van der Waals surface area contributed by atoms with E-state index in [1.165, 1.54) is 42.3 Å². The van der Waals surface area contributed by atoms with Gasteiger partial charge in [0.2, 0.25) is 11.8 Å². The highest BCUT2D eigenvalue weighted by Crippen LogP contribution is 2.39. The van der Waals surface area contributed by atoms with Crippen LogP contribution in [0.1, 0.15) is 5.56 Å². The minimum absolute atomic E-state index is 0.0150. The Bertz CT molecular complexity index is 1460. The number of nitrogens with one attached hydrogen (secondary N) is 4. The number of hydrogen-bond donors (Lipinski definition) is 5. The fraction of sp³-hybridized carbons (Fsp3) is 0.0870. The zero-order valence-corrected chi connectivity index (χ0v) is 20.9. The van der Waals surface area contributed by atoms with Gasteiger partial charge in [-0.1, -0.05) is 40.9 Å². The molecule has 190 valence electrons. The average Bonchev–Trinajstić information content (AvgIpc) is 3.24. The molecule has 2 heterocycles. The van der Waals surface area contributed by atoms with Gasteiger partial charge in [-0.2, -0.15) is 0 Å². The molecular formula is C23H20Cl2N8O4. The summed E-state index contributed by atoms with van der Waals surface area (Å²) >= 11 is 12.7. The number of urea groups is 2. The van der Waals surface area contributed by atoms with E-state index in [2.05, 4.69) is 36.3 Å². The molecule has 4 aromatic rings. The molecule has 0 aliphatic heterocycles. The Morgan fingerprint density at radius 2 is 1.70 bits per heavy atom. The summed E-state index contributed by atoms with van der Waals surface area (Å²) in [6.07, 6.45) is 1.20. The van der Waals surface area contributed by atoms with Gasteiger partial charge >= 0.3 is 12.1 Å². The molecule has 0 saturated heterocycles. The van der Waals surface area contributed by atoms with Crippen LogP contribution < -0.4 is 26.0 Å². The van der Waals surface area contributed by atoms with Crippen molar-refractivity contribution in [3.8, 4) is 23.2 Å². The molecule has 0 aliphatic rings. The molecule has 0 radical (unpaired) electrons. The molecule has 12 nitrogen and oxygen atoms in total. The SMILES string of the molecule is CNC(=O)Nc1cc(Oc2ccc(NC(=O)Nc3cc(O)nn3-c3ccc(C)cc3)c(Cl)c2Cl)ncn1. The Kier molecular flexibility index (Phi) is 7.60. The van der Waals surface area contributed by atoms with Crippen LogP contribution >= 0.6 is 23.2 Å². The normalized spacial score (nSPS) is 10.5. The van der Waals surface area contributed by atoms with E-state index in [4.69, 9.17) is 27.9 Å². The number of anilines is 3. The summed E-state index contributed by atoms with van der Waals surface area (Å²) in [4.78, 5) is 32.1. The summed E-state index contributed by atoms with van der Waals surface area (Å²) in [6, 6.07) is 11.9. The van der Waals surface area contributed by atoms with Gasteiger partial charge in [0.05, 0.1) is 16.4 Å². The molecule has 0 aliphatic carbocycles. The molecule has 14 heteroatoms. The van der Waals surface area contributed by atoms with Crippen LogP contribution in [0.25, 0.3) is 5.69 Å². The monoisotopic (exact) mass is 542 g/mol. The van der Waals surface area contributed by atoms with Crippen molar-refractivity contribution in [2.45, 2.75) is 6.92 Å². The number of benzene rings is 2. The van der Waals surface area contributed by atoms with Crippen molar-refractivity contribution in [2.75, 3.05) is 23.0 Å². The number of carbonyl (C=O) groups is 2.